The lowest BCUT2D eigenvalue weighted by atomic mass is 9.90. The molecule has 0 aromatic carbocycles. The lowest BCUT2D eigenvalue weighted by Crippen LogP contribution is -2.55. The number of nitrogens with zero attached hydrogens (tertiary/aromatic N) is 1. The fourth-order valence-electron chi connectivity index (χ4n) is 2.29. The molecule has 7 heteroatoms. The average Bonchev–Trinajstić information content (AvgIpc) is 2.33. The second-order valence-corrected chi connectivity index (χ2v) is 6.91. The van der Waals surface area contributed by atoms with E-state index in [1.807, 2.05) is 0 Å². The van der Waals surface area contributed by atoms with E-state index in [9.17, 15) is 23.1 Å². The van der Waals surface area contributed by atoms with Crippen LogP contribution < -0.4 is 5.32 Å². The molecule has 124 valence electrons. The molecule has 0 aliphatic carbocycles. The zero-order valence-corrected chi connectivity index (χ0v) is 12.9. The molecule has 1 heterocycles. The Morgan fingerprint density at radius 3 is 2.19 bits per heavy atom. The number of hydrogen-bond acceptors (Lipinski definition) is 2. The van der Waals surface area contributed by atoms with Crippen LogP contribution in [0.3, 0.4) is 0 Å². The number of amides is 2. The van der Waals surface area contributed by atoms with Crippen molar-refractivity contribution < 1.29 is 23.1 Å². The second-order valence-electron chi connectivity index (χ2n) is 6.91. The van der Waals surface area contributed by atoms with Crippen LogP contribution in [-0.2, 0) is 0 Å². The standard InChI is InChI=1S/C14H25F3N2O2/c1-12(2,3)5-4-8-18-11(20)19-9-6-13(21,7-10-19)14(15,16)17/h21H,4-10H2,1-3H3,(H,18,20). The minimum absolute atomic E-state index is 0.0822. The summed E-state index contributed by atoms with van der Waals surface area (Å²) in [4.78, 5) is 13.2. The number of aliphatic hydroxyl groups is 1. The zero-order chi connectivity index (χ0) is 16.3. The van der Waals surface area contributed by atoms with E-state index in [0.29, 0.717) is 6.54 Å². The average molecular weight is 310 g/mol. The number of urea groups is 1. The smallest absolute Gasteiger partial charge is 0.380 e. The third kappa shape index (κ3) is 5.37. The van der Waals surface area contributed by atoms with E-state index in [2.05, 4.69) is 26.1 Å². The van der Waals surface area contributed by atoms with Crippen LogP contribution in [0.4, 0.5) is 18.0 Å². The molecule has 2 N–H and O–H groups in total. The first-order valence-corrected chi connectivity index (χ1v) is 7.26. The Hall–Kier alpha value is -0.980. The minimum Gasteiger partial charge on any atom is -0.380 e. The molecule has 0 saturated carbocycles. The van der Waals surface area contributed by atoms with Crippen molar-refractivity contribution in [2.24, 2.45) is 5.41 Å². The summed E-state index contributed by atoms with van der Waals surface area (Å²) < 4.78 is 37.9. The Kier molecular flexibility index (Phi) is 5.52. The molecule has 1 rings (SSSR count). The van der Waals surface area contributed by atoms with Gasteiger partial charge in [0.05, 0.1) is 0 Å². The van der Waals surface area contributed by atoms with Gasteiger partial charge in [0.25, 0.3) is 0 Å². The fourth-order valence-corrected chi connectivity index (χ4v) is 2.29. The van der Waals surface area contributed by atoms with Gasteiger partial charge in [-0.05, 0) is 18.3 Å². The molecular weight excluding hydrogens is 285 g/mol. The van der Waals surface area contributed by atoms with Gasteiger partial charge >= 0.3 is 12.2 Å². The summed E-state index contributed by atoms with van der Waals surface area (Å²) in [6, 6.07) is -0.354. The zero-order valence-electron chi connectivity index (χ0n) is 12.9. The predicted octanol–water partition coefficient (Wildman–Crippen LogP) is 2.91. The van der Waals surface area contributed by atoms with Crippen LogP contribution in [0.5, 0.6) is 0 Å². The van der Waals surface area contributed by atoms with Gasteiger partial charge in [0.2, 0.25) is 0 Å². The van der Waals surface area contributed by atoms with Crippen molar-refractivity contribution >= 4 is 6.03 Å². The quantitative estimate of drug-likeness (QED) is 0.788. The van der Waals surface area contributed by atoms with E-state index in [-0.39, 0.29) is 24.5 Å². The minimum atomic E-state index is -4.64. The molecule has 0 unspecified atom stereocenters. The molecule has 1 fully saturated rings. The van der Waals surface area contributed by atoms with Crippen LogP contribution in [0.2, 0.25) is 0 Å². The highest BCUT2D eigenvalue weighted by Gasteiger charge is 2.54. The van der Waals surface area contributed by atoms with Crippen LogP contribution in [0, 0.1) is 5.41 Å². The van der Waals surface area contributed by atoms with Gasteiger partial charge < -0.3 is 15.3 Å². The first-order chi connectivity index (χ1) is 9.45. The number of halogens is 3. The van der Waals surface area contributed by atoms with Gasteiger partial charge in [0.1, 0.15) is 0 Å². The van der Waals surface area contributed by atoms with Crippen LogP contribution >= 0.6 is 0 Å². The number of nitrogens with one attached hydrogen (secondary N) is 1. The molecule has 0 bridgehead atoms. The molecular formula is C14H25F3N2O2. The lowest BCUT2D eigenvalue weighted by Gasteiger charge is -2.39. The summed E-state index contributed by atoms with van der Waals surface area (Å²) in [5.41, 5.74) is -2.46. The van der Waals surface area contributed by atoms with Crippen molar-refractivity contribution in [2.45, 2.75) is 58.2 Å². The number of rotatable bonds is 3. The molecule has 21 heavy (non-hydrogen) atoms. The third-order valence-electron chi connectivity index (χ3n) is 3.79. The van der Waals surface area contributed by atoms with Crippen molar-refractivity contribution in [2.75, 3.05) is 19.6 Å². The highest BCUT2D eigenvalue weighted by atomic mass is 19.4. The monoisotopic (exact) mass is 310 g/mol. The van der Waals surface area contributed by atoms with Gasteiger partial charge in [-0.15, -0.1) is 0 Å². The molecule has 0 spiro atoms. The molecule has 0 atom stereocenters. The van der Waals surface area contributed by atoms with Gasteiger partial charge in [0.15, 0.2) is 5.60 Å². The summed E-state index contributed by atoms with van der Waals surface area (Å²) >= 11 is 0. The van der Waals surface area contributed by atoms with Crippen LogP contribution in [-0.4, -0.2) is 47.4 Å². The molecule has 0 aromatic heterocycles. The summed E-state index contributed by atoms with van der Waals surface area (Å²) in [5.74, 6) is 0. The summed E-state index contributed by atoms with van der Waals surface area (Å²) in [6.45, 7) is 6.67. The van der Waals surface area contributed by atoms with Gasteiger partial charge in [-0.25, -0.2) is 4.79 Å². The Bertz CT molecular complexity index is 356. The highest BCUT2D eigenvalue weighted by Crippen LogP contribution is 2.38. The number of likely N-dealkylation sites (tertiary alicyclic amines) is 1. The van der Waals surface area contributed by atoms with Crippen molar-refractivity contribution in [1.82, 2.24) is 10.2 Å². The van der Waals surface area contributed by atoms with Crippen LogP contribution in [0.1, 0.15) is 46.5 Å². The Labute approximate surface area is 123 Å². The van der Waals surface area contributed by atoms with Crippen molar-refractivity contribution in [1.29, 1.82) is 0 Å². The van der Waals surface area contributed by atoms with E-state index in [1.54, 1.807) is 0 Å². The van der Waals surface area contributed by atoms with Crippen LogP contribution in [0.15, 0.2) is 0 Å². The largest absolute Gasteiger partial charge is 0.417 e. The normalized spacial score (nSPS) is 19.5. The first-order valence-electron chi connectivity index (χ1n) is 7.26. The van der Waals surface area contributed by atoms with Gasteiger partial charge in [-0.3, -0.25) is 0 Å². The van der Waals surface area contributed by atoms with E-state index >= 15 is 0 Å². The molecule has 0 aromatic rings. The van der Waals surface area contributed by atoms with E-state index in [1.165, 1.54) is 4.90 Å². The van der Waals surface area contributed by atoms with Crippen LogP contribution in [0.25, 0.3) is 0 Å². The Morgan fingerprint density at radius 2 is 1.76 bits per heavy atom. The molecule has 0 radical (unpaired) electrons. The Balaban J connectivity index is 2.33. The summed E-state index contributed by atoms with van der Waals surface area (Å²) in [6.07, 6.45) is -3.78. The van der Waals surface area contributed by atoms with E-state index < -0.39 is 24.6 Å². The fraction of sp³-hybridized carbons (Fsp3) is 0.929. The Morgan fingerprint density at radius 1 is 1.24 bits per heavy atom. The van der Waals surface area contributed by atoms with Crippen molar-refractivity contribution in [3.8, 4) is 0 Å². The number of alkyl halides is 3. The SMILES string of the molecule is CC(C)(C)CCCNC(=O)N1CCC(O)(C(F)(F)F)CC1. The number of carbonyl (C=O) groups is 1. The number of piperidine rings is 1. The maximum atomic E-state index is 12.6. The molecule has 1 aliphatic heterocycles. The highest BCUT2D eigenvalue weighted by molar-refractivity contribution is 5.74. The van der Waals surface area contributed by atoms with Crippen molar-refractivity contribution in [3.63, 3.8) is 0 Å². The van der Waals surface area contributed by atoms with E-state index in [0.717, 1.165) is 12.8 Å². The first kappa shape index (κ1) is 18.1. The third-order valence-corrected chi connectivity index (χ3v) is 3.79. The summed E-state index contributed by atoms with van der Waals surface area (Å²) in [5, 5.41) is 12.2. The molecule has 4 nitrogen and oxygen atoms in total. The molecule has 1 aliphatic rings. The lowest BCUT2D eigenvalue weighted by molar-refractivity contribution is -0.271. The van der Waals surface area contributed by atoms with Gasteiger partial charge in [-0.2, -0.15) is 13.2 Å². The maximum Gasteiger partial charge on any atom is 0.417 e. The van der Waals surface area contributed by atoms with E-state index in [4.69, 9.17) is 0 Å². The van der Waals surface area contributed by atoms with Gasteiger partial charge in [-0.1, -0.05) is 20.8 Å². The molecule has 2 amide bonds. The topological polar surface area (TPSA) is 52.6 Å². The molecule has 1 saturated heterocycles. The predicted molar refractivity (Wildman–Crippen MR) is 73.9 cm³/mol. The summed E-state index contributed by atoms with van der Waals surface area (Å²) in [7, 11) is 0. The second kappa shape index (κ2) is 6.42. The number of hydrogen-bond donors (Lipinski definition) is 2. The van der Waals surface area contributed by atoms with Gasteiger partial charge in [0, 0.05) is 32.5 Å². The van der Waals surface area contributed by atoms with Crippen molar-refractivity contribution in [3.05, 3.63) is 0 Å². The number of carbonyl (C=O) groups excluding carboxylic acids is 1. The maximum absolute atomic E-state index is 12.6.